The van der Waals surface area contributed by atoms with E-state index in [0.29, 0.717) is 11.9 Å². The van der Waals surface area contributed by atoms with E-state index in [0.717, 1.165) is 38.8 Å². The van der Waals surface area contributed by atoms with Gasteiger partial charge in [0.2, 0.25) is 5.91 Å². The van der Waals surface area contributed by atoms with Crippen molar-refractivity contribution >= 4 is 5.91 Å². The maximum Gasteiger partial charge on any atom is 0.316 e. The van der Waals surface area contributed by atoms with E-state index in [1.54, 1.807) is 18.5 Å². The predicted octanol–water partition coefficient (Wildman–Crippen LogP) is 2.28. The molecule has 110 valence electrons. The van der Waals surface area contributed by atoms with E-state index >= 15 is 0 Å². The number of hydrogen-bond donors (Lipinski definition) is 0. The molecule has 5 heteroatoms. The summed E-state index contributed by atoms with van der Waals surface area (Å²) in [5.74, 6) is 0.467. The van der Waals surface area contributed by atoms with Gasteiger partial charge in [0.25, 0.3) is 0 Å². The fourth-order valence-corrected chi connectivity index (χ4v) is 2.59. The molecular formula is C15H23N3O2. The third-order valence-corrected chi connectivity index (χ3v) is 3.90. The van der Waals surface area contributed by atoms with Gasteiger partial charge in [0.05, 0.1) is 0 Å². The second-order valence-corrected chi connectivity index (χ2v) is 5.19. The van der Waals surface area contributed by atoms with Gasteiger partial charge in [-0.25, -0.2) is 9.97 Å². The Morgan fingerprint density at radius 1 is 1.30 bits per heavy atom. The fraction of sp³-hybridized carbons (Fsp3) is 0.667. The maximum absolute atomic E-state index is 12.3. The van der Waals surface area contributed by atoms with Crippen molar-refractivity contribution in [1.82, 2.24) is 14.9 Å². The van der Waals surface area contributed by atoms with Gasteiger partial charge in [-0.2, -0.15) is 0 Å². The van der Waals surface area contributed by atoms with Gasteiger partial charge in [0.15, 0.2) is 0 Å². The van der Waals surface area contributed by atoms with Crippen LogP contribution in [0.5, 0.6) is 6.01 Å². The standard InChI is InChI=1S/C15H23N3O2/c1-3-12(4-2)14(19)18-10-6-13(7-11-18)20-15-16-8-5-9-17-15/h5,8-9,12-13H,3-4,6-7,10-11H2,1-2H3. The smallest absolute Gasteiger partial charge is 0.316 e. The highest BCUT2D eigenvalue weighted by Gasteiger charge is 2.27. The lowest BCUT2D eigenvalue weighted by atomic mass is 9.99. The highest BCUT2D eigenvalue weighted by Crippen LogP contribution is 2.19. The zero-order valence-electron chi connectivity index (χ0n) is 12.3. The van der Waals surface area contributed by atoms with Gasteiger partial charge >= 0.3 is 6.01 Å². The molecule has 0 bridgehead atoms. The van der Waals surface area contributed by atoms with Crippen LogP contribution in [-0.2, 0) is 4.79 Å². The Bertz CT molecular complexity index is 412. The zero-order valence-corrected chi connectivity index (χ0v) is 12.3. The molecule has 5 nitrogen and oxygen atoms in total. The average molecular weight is 277 g/mol. The van der Waals surface area contributed by atoms with Crippen molar-refractivity contribution in [3.8, 4) is 6.01 Å². The van der Waals surface area contributed by atoms with Crippen LogP contribution in [-0.4, -0.2) is 40.0 Å². The van der Waals surface area contributed by atoms with Crippen LogP contribution in [0.4, 0.5) is 0 Å². The van der Waals surface area contributed by atoms with Gasteiger partial charge in [-0.15, -0.1) is 0 Å². The Morgan fingerprint density at radius 2 is 1.90 bits per heavy atom. The number of ether oxygens (including phenoxy) is 1. The average Bonchev–Trinajstić information content (AvgIpc) is 2.50. The fourth-order valence-electron chi connectivity index (χ4n) is 2.59. The van der Waals surface area contributed by atoms with E-state index in [-0.39, 0.29) is 12.0 Å². The molecule has 1 aromatic heterocycles. The van der Waals surface area contributed by atoms with E-state index in [9.17, 15) is 4.79 Å². The van der Waals surface area contributed by atoms with Crippen LogP contribution < -0.4 is 4.74 Å². The first-order chi connectivity index (χ1) is 9.74. The van der Waals surface area contributed by atoms with Crippen molar-refractivity contribution in [3.05, 3.63) is 18.5 Å². The summed E-state index contributed by atoms with van der Waals surface area (Å²) in [4.78, 5) is 22.4. The van der Waals surface area contributed by atoms with Gasteiger partial charge in [-0.05, 0) is 18.9 Å². The minimum atomic E-state index is 0.114. The Kier molecular flexibility index (Phi) is 5.32. The number of likely N-dealkylation sites (tertiary alicyclic amines) is 1. The summed E-state index contributed by atoms with van der Waals surface area (Å²) >= 11 is 0. The van der Waals surface area contributed by atoms with E-state index < -0.39 is 0 Å². The van der Waals surface area contributed by atoms with Crippen LogP contribution >= 0.6 is 0 Å². The van der Waals surface area contributed by atoms with Crippen molar-refractivity contribution in [2.75, 3.05) is 13.1 Å². The third kappa shape index (κ3) is 3.68. The first kappa shape index (κ1) is 14.8. The normalized spacial score (nSPS) is 16.4. The maximum atomic E-state index is 12.3. The molecule has 1 aromatic rings. The minimum absolute atomic E-state index is 0.114. The van der Waals surface area contributed by atoms with Crippen molar-refractivity contribution in [2.45, 2.75) is 45.6 Å². The van der Waals surface area contributed by atoms with E-state index in [4.69, 9.17) is 4.74 Å². The third-order valence-electron chi connectivity index (χ3n) is 3.90. The molecule has 0 spiro atoms. The lowest BCUT2D eigenvalue weighted by Gasteiger charge is -2.33. The summed E-state index contributed by atoms with van der Waals surface area (Å²) in [6.45, 7) is 5.70. The highest BCUT2D eigenvalue weighted by molar-refractivity contribution is 5.78. The molecular weight excluding hydrogens is 254 g/mol. The van der Waals surface area contributed by atoms with Crippen LogP contribution in [0, 0.1) is 5.92 Å². The number of amides is 1. The number of nitrogens with zero attached hydrogens (tertiary/aromatic N) is 3. The van der Waals surface area contributed by atoms with Crippen LogP contribution in [0.1, 0.15) is 39.5 Å². The van der Waals surface area contributed by atoms with Crippen molar-refractivity contribution < 1.29 is 9.53 Å². The quantitative estimate of drug-likeness (QED) is 0.828. The van der Waals surface area contributed by atoms with Gasteiger partial charge in [0, 0.05) is 44.2 Å². The molecule has 0 atom stereocenters. The number of piperidine rings is 1. The zero-order chi connectivity index (χ0) is 14.4. The molecule has 0 aliphatic carbocycles. The van der Waals surface area contributed by atoms with Crippen LogP contribution in [0.3, 0.4) is 0 Å². The number of aromatic nitrogens is 2. The van der Waals surface area contributed by atoms with Gasteiger partial charge < -0.3 is 9.64 Å². The Hall–Kier alpha value is -1.65. The summed E-state index contributed by atoms with van der Waals surface area (Å²) in [6, 6.07) is 2.20. The monoisotopic (exact) mass is 277 g/mol. The Balaban J connectivity index is 1.82. The van der Waals surface area contributed by atoms with Crippen molar-refractivity contribution in [1.29, 1.82) is 0 Å². The summed E-state index contributed by atoms with van der Waals surface area (Å²) in [6.07, 6.45) is 7.01. The van der Waals surface area contributed by atoms with E-state index in [1.807, 2.05) is 4.90 Å². The van der Waals surface area contributed by atoms with Crippen molar-refractivity contribution in [3.63, 3.8) is 0 Å². The summed E-state index contributed by atoms with van der Waals surface area (Å²) in [5.41, 5.74) is 0. The molecule has 0 aromatic carbocycles. The molecule has 1 aliphatic rings. The van der Waals surface area contributed by atoms with Gasteiger partial charge in [0.1, 0.15) is 6.10 Å². The van der Waals surface area contributed by atoms with Crippen molar-refractivity contribution in [2.24, 2.45) is 5.92 Å². The topological polar surface area (TPSA) is 55.3 Å². The molecule has 1 saturated heterocycles. The number of carbonyl (C=O) groups is 1. The number of rotatable bonds is 5. The second kappa shape index (κ2) is 7.22. The van der Waals surface area contributed by atoms with Crippen LogP contribution in [0.2, 0.25) is 0 Å². The first-order valence-corrected chi connectivity index (χ1v) is 7.47. The molecule has 1 amide bonds. The Morgan fingerprint density at radius 3 is 2.45 bits per heavy atom. The lowest BCUT2D eigenvalue weighted by molar-refractivity contribution is -0.137. The summed E-state index contributed by atoms with van der Waals surface area (Å²) in [5, 5.41) is 0. The molecule has 1 aliphatic heterocycles. The molecule has 2 heterocycles. The highest BCUT2D eigenvalue weighted by atomic mass is 16.5. The largest absolute Gasteiger partial charge is 0.460 e. The predicted molar refractivity (Wildman–Crippen MR) is 76.3 cm³/mol. The van der Waals surface area contributed by atoms with Crippen LogP contribution in [0.15, 0.2) is 18.5 Å². The number of hydrogen-bond acceptors (Lipinski definition) is 4. The SMILES string of the molecule is CCC(CC)C(=O)N1CCC(Oc2ncccn2)CC1. The lowest BCUT2D eigenvalue weighted by Crippen LogP contribution is -2.44. The van der Waals surface area contributed by atoms with Crippen LogP contribution in [0.25, 0.3) is 0 Å². The Labute approximate surface area is 120 Å². The molecule has 20 heavy (non-hydrogen) atoms. The second-order valence-electron chi connectivity index (χ2n) is 5.19. The van der Waals surface area contributed by atoms with E-state index in [1.165, 1.54) is 0 Å². The van der Waals surface area contributed by atoms with E-state index in [2.05, 4.69) is 23.8 Å². The summed E-state index contributed by atoms with van der Waals surface area (Å²) in [7, 11) is 0. The molecule has 0 radical (unpaired) electrons. The first-order valence-electron chi connectivity index (χ1n) is 7.47. The number of carbonyl (C=O) groups excluding carboxylic acids is 1. The molecule has 0 saturated carbocycles. The molecule has 0 unspecified atom stereocenters. The van der Waals surface area contributed by atoms with Gasteiger partial charge in [-0.3, -0.25) is 4.79 Å². The summed E-state index contributed by atoms with van der Waals surface area (Å²) < 4.78 is 5.74. The molecule has 1 fully saturated rings. The molecule has 0 N–H and O–H groups in total. The van der Waals surface area contributed by atoms with Gasteiger partial charge in [-0.1, -0.05) is 13.8 Å². The minimum Gasteiger partial charge on any atom is -0.460 e. The molecule has 2 rings (SSSR count).